The summed E-state index contributed by atoms with van der Waals surface area (Å²) in [6, 6.07) is 0. The van der Waals surface area contributed by atoms with Crippen LogP contribution in [0.2, 0.25) is 0 Å². The second kappa shape index (κ2) is 4.92. The molecule has 0 saturated carbocycles. The van der Waals surface area contributed by atoms with Gasteiger partial charge in [0, 0.05) is 0 Å². The van der Waals surface area contributed by atoms with Gasteiger partial charge in [-0.2, -0.15) is 0 Å². The molecule has 0 heterocycles. The van der Waals surface area contributed by atoms with Gasteiger partial charge in [-0.1, -0.05) is 14.2 Å². The molecule has 0 aromatic rings. The lowest BCUT2D eigenvalue weighted by Crippen LogP contribution is -2.01. The fourth-order valence-electron chi connectivity index (χ4n) is 0.141. The normalized spacial score (nSPS) is 9.00. The predicted octanol–water partition coefficient (Wildman–Crippen LogP) is -0.374. The SMILES string of the molecule is [CH2-][OH+]CC[OH+][CH2-]. The average Bonchev–Trinajstić information content (AvgIpc) is 1.61. The van der Waals surface area contributed by atoms with Crippen LogP contribution < -0.4 is 0 Å². The lowest BCUT2D eigenvalue weighted by Gasteiger charge is -1.97. The Hall–Kier alpha value is -0.0800. The summed E-state index contributed by atoms with van der Waals surface area (Å²) in [5.74, 6) is 0. The molecule has 0 rings (SSSR count). The molecule has 0 amide bonds. The summed E-state index contributed by atoms with van der Waals surface area (Å²) in [6.07, 6.45) is 0. The monoisotopic (exact) mass is 90.1 g/mol. The van der Waals surface area contributed by atoms with Gasteiger partial charge in [0.25, 0.3) is 0 Å². The van der Waals surface area contributed by atoms with Crippen LogP contribution in [0.4, 0.5) is 0 Å². The van der Waals surface area contributed by atoms with E-state index in [2.05, 4.69) is 23.7 Å². The number of ether oxygens (including phenoxy) is 2. The van der Waals surface area contributed by atoms with Crippen molar-refractivity contribution in [3.8, 4) is 0 Å². The standard InChI is InChI=1S/C4H10O2/c1-5-3-4-6-2/h5-6H,1-4H2. The quantitative estimate of drug-likeness (QED) is 0.256. The van der Waals surface area contributed by atoms with Crippen LogP contribution in [-0.4, -0.2) is 22.7 Å². The molecule has 0 bridgehead atoms. The van der Waals surface area contributed by atoms with Crippen LogP contribution in [-0.2, 0) is 0 Å². The van der Waals surface area contributed by atoms with Gasteiger partial charge in [0.15, 0.2) is 13.2 Å². The maximum absolute atomic E-state index is 3.54. The Kier molecular flexibility index (Phi) is 4.85. The zero-order valence-corrected chi connectivity index (χ0v) is 3.72. The Morgan fingerprint density at radius 1 is 1.00 bits per heavy atom. The third-order valence-electron chi connectivity index (χ3n) is 0.416. The van der Waals surface area contributed by atoms with Crippen molar-refractivity contribution in [2.24, 2.45) is 0 Å². The van der Waals surface area contributed by atoms with Crippen LogP contribution in [0.5, 0.6) is 0 Å². The molecule has 38 valence electrons. The molecular weight excluding hydrogens is 80.0 g/mol. The van der Waals surface area contributed by atoms with Crippen LogP contribution in [0.3, 0.4) is 0 Å². The summed E-state index contributed by atoms with van der Waals surface area (Å²) in [6.45, 7) is 1.40. The van der Waals surface area contributed by atoms with E-state index in [-0.39, 0.29) is 0 Å². The minimum absolute atomic E-state index is 0.698. The van der Waals surface area contributed by atoms with Crippen LogP contribution in [0.15, 0.2) is 0 Å². The predicted molar refractivity (Wildman–Crippen MR) is 24.9 cm³/mol. The molecule has 0 aliphatic carbocycles. The third-order valence-corrected chi connectivity index (χ3v) is 0.416. The molecule has 0 aromatic carbocycles. The largest absolute Gasteiger partial charge is 0.576 e. The Morgan fingerprint density at radius 3 is 1.50 bits per heavy atom. The molecule has 0 aromatic heterocycles. The molecule has 0 unspecified atom stereocenters. The summed E-state index contributed by atoms with van der Waals surface area (Å²) in [7, 11) is 6.52. The fraction of sp³-hybridized carbons (Fsp3) is 0.500. The Morgan fingerprint density at radius 2 is 1.33 bits per heavy atom. The molecule has 2 nitrogen and oxygen atoms in total. The summed E-state index contributed by atoms with van der Waals surface area (Å²) in [5, 5.41) is 0. The summed E-state index contributed by atoms with van der Waals surface area (Å²) >= 11 is 0. The van der Waals surface area contributed by atoms with Crippen molar-refractivity contribution in [3.05, 3.63) is 14.2 Å². The average molecular weight is 90.1 g/mol. The van der Waals surface area contributed by atoms with Crippen molar-refractivity contribution in [3.63, 3.8) is 0 Å². The smallest absolute Gasteiger partial charge is 0.186 e. The molecule has 0 fully saturated rings. The van der Waals surface area contributed by atoms with Gasteiger partial charge in [0.1, 0.15) is 0 Å². The zero-order valence-electron chi connectivity index (χ0n) is 3.72. The van der Waals surface area contributed by atoms with E-state index in [9.17, 15) is 0 Å². The van der Waals surface area contributed by atoms with Crippen LogP contribution in [0, 0.1) is 14.2 Å². The summed E-state index contributed by atoms with van der Waals surface area (Å²) in [5.41, 5.74) is 0. The van der Waals surface area contributed by atoms with E-state index >= 15 is 0 Å². The van der Waals surface area contributed by atoms with Gasteiger partial charge in [-0.05, 0) is 0 Å². The van der Waals surface area contributed by atoms with Gasteiger partial charge in [-0.15, -0.1) is 0 Å². The highest BCUT2D eigenvalue weighted by Crippen LogP contribution is 1.61. The summed E-state index contributed by atoms with van der Waals surface area (Å²) < 4.78 is 7.08. The van der Waals surface area contributed by atoms with Gasteiger partial charge >= 0.3 is 0 Å². The minimum Gasteiger partial charge on any atom is -0.576 e. The molecule has 0 atom stereocenters. The van der Waals surface area contributed by atoms with E-state index in [4.69, 9.17) is 0 Å². The highest BCUT2D eigenvalue weighted by atomic mass is 16.5. The van der Waals surface area contributed by atoms with E-state index < -0.39 is 0 Å². The lowest BCUT2D eigenvalue weighted by atomic mass is 10.8. The maximum atomic E-state index is 3.54. The number of hydrogen-bond donors (Lipinski definition) is 0. The first-order chi connectivity index (χ1) is 2.91. The van der Waals surface area contributed by atoms with Gasteiger partial charge in [0.2, 0.25) is 0 Å². The van der Waals surface area contributed by atoms with E-state index in [0.717, 1.165) is 0 Å². The van der Waals surface area contributed by atoms with E-state index in [1.165, 1.54) is 0 Å². The van der Waals surface area contributed by atoms with Gasteiger partial charge < -0.3 is 9.47 Å². The van der Waals surface area contributed by atoms with Crippen molar-refractivity contribution in [1.29, 1.82) is 0 Å². The van der Waals surface area contributed by atoms with Crippen molar-refractivity contribution in [2.75, 3.05) is 13.2 Å². The lowest BCUT2D eigenvalue weighted by molar-refractivity contribution is -0.0385. The zero-order chi connectivity index (χ0) is 4.83. The molecule has 0 saturated heterocycles. The molecule has 0 radical (unpaired) electrons. The van der Waals surface area contributed by atoms with Gasteiger partial charge in [-0.25, -0.2) is 0 Å². The van der Waals surface area contributed by atoms with Gasteiger partial charge in [-0.3, -0.25) is 0 Å². The second-order valence-corrected chi connectivity index (χ2v) is 0.894. The van der Waals surface area contributed by atoms with Crippen molar-refractivity contribution >= 4 is 0 Å². The van der Waals surface area contributed by atoms with Crippen molar-refractivity contribution < 1.29 is 9.47 Å². The number of rotatable bonds is 3. The molecular formula is C4H10O2. The minimum atomic E-state index is 0.698. The first-order valence-corrected chi connectivity index (χ1v) is 1.76. The topological polar surface area (TPSA) is 25.6 Å². The third kappa shape index (κ3) is 3.92. The van der Waals surface area contributed by atoms with E-state index in [1.807, 2.05) is 0 Å². The summed E-state index contributed by atoms with van der Waals surface area (Å²) in [4.78, 5) is 0. The van der Waals surface area contributed by atoms with Crippen LogP contribution >= 0.6 is 0 Å². The van der Waals surface area contributed by atoms with Gasteiger partial charge in [0.05, 0.1) is 0 Å². The van der Waals surface area contributed by atoms with E-state index in [1.54, 1.807) is 0 Å². The highest BCUT2D eigenvalue weighted by Gasteiger charge is 1.75. The van der Waals surface area contributed by atoms with Crippen LogP contribution in [0.1, 0.15) is 0 Å². The van der Waals surface area contributed by atoms with Crippen molar-refractivity contribution in [2.45, 2.75) is 0 Å². The first kappa shape index (κ1) is 5.92. The Labute approximate surface area is 38.1 Å². The maximum Gasteiger partial charge on any atom is 0.186 e. The van der Waals surface area contributed by atoms with E-state index in [0.29, 0.717) is 13.2 Å². The fourth-order valence-corrected chi connectivity index (χ4v) is 0.141. The molecule has 0 aliphatic rings. The molecule has 2 heteroatoms. The second-order valence-electron chi connectivity index (χ2n) is 0.894. The number of hydrogen-bond acceptors (Lipinski definition) is 0. The molecule has 2 N–H and O–H groups in total. The molecule has 0 spiro atoms. The molecule has 6 heavy (non-hydrogen) atoms. The Balaban J connectivity index is 2.34. The van der Waals surface area contributed by atoms with Crippen LogP contribution in [0.25, 0.3) is 0 Å². The Bertz CT molecular complexity index is 17.5. The number of aliphatic hydroxyl groups is 4. The van der Waals surface area contributed by atoms with Crippen molar-refractivity contribution in [1.82, 2.24) is 0 Å². The first-order valence-electron chi connectivity index (χ1n) is 1.76. The highest BCUT2D eigenvalue weighted by molar-refractivity contribution is 4.19. The molecule has 0 aliphatic heterocycles.